The highest BCUT2D eigenvalue weighted by molar-refractivity contribution is 4.81. The normalized spacial score (nSPS) is 24.8. The Morgan fingerprint density at radius 3 is 3.00 bits per heavy atom. The van der Waals surface area contributed by atoms with Gasteiger partial charge in [0.2, 0.25) is 0 Å². The lowest BCUT2D eigenvalue weighted by Crippen LogP contribution is -2.37. The number of hydrogen-bond donors (Lipinski definition) is 0. The first-order chi connectivity index (χ1) is 5.75. The van der Waals surface area contributed by atoms with Gasteiger partial charge < -0.3 is 4.74 Å². The Hall–Kier alpha value is -0.500. The molecule has 0 bridgehead atoms. The van der Waals surface area contributed by atoms with E-state index in [1.165, 1.54) is 25.6 Å². The molecule has 0 unspecified atom stereocenters. The molecule has 1 rings (SSSR count). The quantitative estimate of drug-likeness (QED) is 0.597. The highest BCUT2D eigenvalue weighted by atomic mass is 16.5. The summed E-state index contributed by atoms with van der Waals surface area (Å²) in [5.41, 5.74) is 0. The van der Waals surface area contributed by atoms with Crippen molar-refractivity contribution < 1.29 is 4.74 Å². The molecule has 2 nitrogen and oxygen atoms in total. The molecule has 1 heterocycles. The third-order valence-corrected chi connectivity index (χ3v) is 2.49. The predicted molar refractivity (Wildman–Crippen MR) is 51.0 cm³/mol. The van der Waals surface area contributed by atoms with E-state index in [9.17, 15) is 0 Å². The largest absolute Gasteiger partial charge is 0.500 e. The first-order valence-electron chi connectivity index (χ1n) is 4.74. The highest BCUT2D eigenvalue weighted by Gasteiger charge is 2.26. The lowest BCUT2D eigenvalue weighted by molar-refractivity contribution is 0.120. The van der Waals surface area contributed by atoms with Crippen molar-refractivity contribution >= 4 is 0 Å². The van der Waals surface area contributed by atoms with Crippen molar-refractivity contribution in [3.8, 4) is 0 Å². The molecule has 0 spiro atoms. The van der Waals surface area contributed by atoms with E-state index in [0.717, 1.165) is 6.61 Å². The summed E-state index contributed by atoms with van der Waals surface area (Å²) in [6.07, 6.45) is 4.12. The standard InChI is InChI=1S/C10H19NO/c1-4-12-8-10-6-5-7-11(10)9(2)3/h4,9-10H,1,5-8H2,2-3H3/t10-/m0/s1. The van der Waals surface area contributed by atoms with E-state index in [2.05, 4.69) is 25.3 Å². The molecule has 0 aromatic carbocycles. The van der Waals surface area contributed by atoms with E-state index in [0.29, 0.717) is 12.1 Å². The SMILES string of the molecule is C=COC[C@@H]1CCCN1C(C)C. The molecule has 1 fully saturated rings. The molecule has 0 N–H and O–H groups in total. The van der Waals surface area contributed by atoms with E-state index in [1.807, 2.05) is 0 Å². The van der Waals surface area contributed by atoms with E-state index in [-0.39, 0.29) is 0 Å². The molecule has 0 amide bonds. The van der Waals surface area contributed by atoms with Crippen LogP contribution < -0.4 is 0 Å². The summed E-state index contributed by atoms with van der Waals surface area (Å²) in [5.74, 6) is 0. The number of likely N-dealkylation sites (tertiary alicyclic amines) is 1. The van der Waals surface area contributed by atoms with Gasteiger partial charge in [0.05, 0.1) is 6.26 Å². The second-order valence-corrected chi connectivity index (χ2v) is 3.63. The third-order valence-electron chi connectivity index (χ3n) is 2.49. The summed E-state index contributed by atoms with van der Waals surface area (Å²) in [6.45, 7) is 10.1. The molecule has 1 saturated heterocycles. The fourth-order valence-electron chi connectivity index (χ4n) is 1.90. The second-order valence-electron chi connectivity index (χ2n) is 3.63. The molecule has 0 saturated carbocycles. The topological polar surface area (TPSA) is 12.5 Å². The van der Waals surface area contributed by atoms with Gasteiger partial charge in [-0.3, -0.25) is 4.90 Å². The van der Waals surface area contributed by atoms with Crippen molar-refractivity contribution in [2.75, 3.05) is 13.2 Å². The van der Waals surface area contributed by atoms with Gasteiger partial charge in [0.25, 0.3) is 0 Å². The summed E-state index contributed by atoms with van der Waals surface area (Å²) in [6, 6.07) is 1.26. The van der Waals surface area contributed by atoms with E-state index in [4.69, 9.17) is 4.74 Å². The summed E-state index contributed by atoms with van der Waals surface area (Å²) in [7, 11) is 0. The van der Waals surface area contributed by atoms with Crippen LogP contribution in [-0.2, 0) is 4.74 Å². The highest BCUT2D eigenvalue weighted by Crippen LogP contribution is 2.19. The van der Waals surface area contributed by atoms with Crippen molar-refractivity contribution in [2.24, 2.45) is 0 Å². The number of nitrogens with zero attached hydrogens (tertiary/aromatic N) is 1. The maximum atomic E-state index is 5.22. The van der Waals surface area contributed by atoms with Crippen LogP contribution in [0.25, 0.3) is 0 Å². The number of ether oxygens (including phenoxy) is 1. The summed E-state index contributed by atoms with van der Waals surface area (Å²) >= 11 is 0. The average Bonchev–Trinajstić information content (AvgIpc) is 2.48. The van der Waals surface area contributed by atoms with Gasteiger partial charge in [0.15, 0.2) is 0 Å². The molecule has 1 aliphatic rings. The van der Waals surface area contributed by atoms with Crippen molar-refractivity contribution in [1.82, 2.24) is 4.90 Å². The van der Waals surface area contributed by atoms with Gasteiger partial charge in [-0.15, -0.1) is 0 Å². The molecule has 0 aromatic rings. The molecule has 1 atom stereocenters. The summed E-state index contributed by atoms with van der Waals surface area (Å²) < 4.78 is 5.22. The minimum Gasteiger partial charge on any atom is -0.500 e. The Bertz CT molecular complexity index is 145. The van der Waals surface area contributed by atoms with Crippen LogP contribution in [0, 0.1) is 0 Å². The van der Waals surface area contributed by atoms with Gasteiger partial charge in [-0.25, -0.2) is 0 Å². The van der Waals surface area contributed by atoms with Crippen LogP contribution in [0.5, 0.6) is 0 Å². The maximum Gasteiger partial charge on any atom is 0.103 e. The summed E-state index contributed by atoms with van der Waals surface area (Å²) in [5, 5.41) is 0. The van der Waals surface area contributed by atoms with Crippen LogP contribution in [-0.4, -0.2) is 30.1 Å². The number of hydrogen-bond acceptors (Lipinski definition) is 2. The van der Waals surface area contributed by atoms with Crippen LogP contribution in [0.2, 0.25) is 0 Å². The van der Waals surface area contributed by atoms with Gasteiger partial charge in [-0.2, -0.15) is 0 Å². The molecule has 70 valence electrons. The zero-order valence-corrected chi connectivity index (χ0v) is 8.12. The Morgan fingerprint density at radius 1 is 1.67 bits per heavy atom. The van der Waals surface area contributed by atoms with Gasteiger partial charge in [0.1, 0.15) is 6.61 Å². The van der Waals surface area contributed by atoms with Crippen molar-refractivity contribution in [3.63, 3.8) is 0 Å². The second kappa shape index (κ2) is 4.51. The fraction of sp³-hybridized carbons (Fsp3) is 0.800. The van der Waals surface area contributed by atoms with Crippen molar-refractivity contribution in [3.05, 3.63) is 12.8 Å². The van der Waals surface area contributed by atoms with Crippen LogP contribution in [0.1, 0.15) is 26.7 Å². The van der Waals surface area contributed by atoms with Crippen molar-refractivity contribution in [2.45, 2.75) is 38.8 Å². The van der Waals surface area contributed by atoms with Gasteiger partial charge >= 0.3 is 0 Å². The van der Waals surface area contributed by atoms with E-state index in [1.54, 1.807) is 0 Å². The summed E-state index contributed by atoms with van der Waals surface area (Å²) in [4.78, 5) is 2.50. The van der Waals surface area contributed by atoms with Gasteiger partial charge in [0, 0.05) is 12.1 Å². The minimum atomic E-state index is 0.614. The zero-order valence-electron chi connectivity index (χ0n) is 8.12. The van der Waals surface area contributed by atoms with Gasteiger partial charge in [-0.05, 0) is 33.2 Å². The fourth-order valence-corrected chi connectivity index (χ4v) is 1.90. The van der Waals surface area contributed by atoms with Crippen LogP contribution in [0.3, 0.4) is 0 Å². The lowest BCUT2D eigenvalue weighted by atomic mass is 10.2. The molecule has 0 aromatic heterocycles. The molecule has 2 heteroatoms. The monoisotopic (exact) mass is 169 g/mol. The van der Waals surface area contributed by atoms with E-state index < -0.39 is 0 Å². The van der Waals surface area contributed by atoms with Gasteiger partial charge in [-0.1, -0.05) is 6.58 Å². The zero-order chi connectivity index (χ0) is 8.97. The first-order valence-corrected chi connectivity index (χ1v) is 4.74. The predicted octanol–water partition coefficient (Wildman–Crippen LogP) is 2.02. The Balaban J connectivity index is 2.35. The Labute approximate surface area is 75.2 Å². The molecule has 0 radical (unpaired) electrons. The number of rotatable bonds is 4. The van der Waals surface area contributed by atoms with Crippen molar-refractivity contribution in [1.29, 1.82) is 0 Å². The lowest BCUT2D eigenvalue weighted by Gasteiger charge is -2.27. The first kappa shape index (κ1) is 9.59. The smallest absolute Gasteiger partial charge is 0.103 e. The molecule has 12 heavy (non-hydrogen) atoms. The Kier molecular flexibility index (Phi) is 3.60. The van der Waals surface area contributed by atoms with Crippen LogP contribution >= 0.6 is 0 Å². The molecular weight excluding hydrogens is 150 g/mol. The van der Waals surface area contributed by atoms with E-state index >= 15 is 0 Å². The third kappa shape index (κ3) is 2.24. The molecule has 0 aliphatic carbocycles. The average molecular weight is 169 g/mol. The molecule has 1 aliphatic heterocycles. The minimum absolute atomic E-state index is 0.614. The maximum absolute atomic E-state index is 5.22. The molecular formula is C10H19NO. The van der Waals surface area contributed by atoms with Crippen LogP contribution in [0.15, 0.2) is 12.8 Å². The van der Waals surface area contributed by atoms with Crippen LogP contribution in [0.4, 0.5) is 0 Å². The Morgan fingerprint density at radius 2 is 2.42 bits per heavy atom.